The van der Waals surface area contributed by atoms with Gasteiger partial charge in [0.2, 0.25) is 5.88 Å². The van der Waals surface area contributed by atoms with Gasteiger partial charge in [-0.05, 0) is 25.5 Å². The van der Waals surface area contributed by atoms with Crippen molar-refractivity contribution in [2.75, 3.05) is 32.4 Å². The number of nitrogens with one attached hydrogen (secondary N) is 1. The summed E-state index contributed by atoms with van der Waals surface area (Å²) in [5, 5.41) is 5.51. The molecule has 1 saturated carbocycles. The van der Waals surface area contributed by atoms with Gasteiger partial charge in [-0.2, -0.15) is 16.7 Å². The summed E-state index contributed by atoms with van der Waals surface area (Å²) in [6.07, 6.45) is 7.50. The van der Waals surface area contributed by atoms with Crippen LogP contribution in [0.4, 0.5) is 5.13 Å². The van der Waals surface area contributed by atoms with Crippen molar-refractivity contribution in [1.82, 2.24) is 10.3 Å². The van der Waals surface area contributed by atoms with Crippen LogP contribution < -0.4 is 15.0 Å². The maximum atomic E-state index is 5.39. The molecule has 6 heteroatoms. The molecule has 1 aliphatic rings. The van der Waals surface area contributed by atoms with E-state index in [1.807, 2.05) is 30.8 Å². The van der Waals surface area contributed by atoms with Crippen LogP contribution in [0.5, 0.6) is 5.88 Å². The average Bonchev–Trinajstić information content (AvgIpc) is 2.89. The van der Waals surface area contributed by atoms with Crippen molar-refractivity contribution in [3.8, 4) is 5.88 Å². The summed E-state index contributed by atoms with van der Waals surface area (Å²) in [5.41, 5.74) is 0. The second-order valence-electron chi connectivity index (χ2n) is 5.43. The van der Waals surface area contributed by atoms with Gasteiger partial charge in [-0.1, -0.05) is 17.8 Å². The first-order valence-electron chi connectivity index (χ1n) is 7.11. The molecule has 0 aliphatic heterocycles. The van der Waals surface area contributed by atoms with E-state index in [2.05, 4.69) is 16.6 Å². The summed E-state index contributed by atoms with van der Waals surface area (Å²) in [7, 11) is 5.72. The number of hydrogen-bond acceptors (Lipinski definition) is 6. The third-order valence-corrected chi connectivity index (χ3v) is 6.04. The van der Waals surface area contributed by atoms with Crippen LogP contribution in [0.2, 0.25) is 0 Å². The van der Waals surface area contributed by atoms with Crippen LogP contribution in [0.3, 0.4) is 0 Å². The van der Waals surface area contributed by atoms with E-state index in [9.17, 15) is 0 Å². The lowest BCUT2D eigenvalue weighted by Crippen LogP contribution is -2.34. The number of ether oxygens (including phenoxy) is 1. The van der Waals surface area contributed by atoms with Gasteiger partial charge in [0.25, 0.3) is 0 Å². The highest BCUT2D eigenvalue weighted by Gasteiger charge is 2.22. The topological polar surface area (TPSA) is 37.4 Å². The van der Waals surface area contributed by atoms with Crippen LogP contribution in [-0.4, -0.2) is 43.7 Å². The molecule has 4 nitrogen and oxygen atoms in total. The molecule has 1 N–H and O–H groups in total. The number of hydrogen-bond donors (Lipinski definition) is 1. The van der Waals surface area contributed by atoms with Gasteiger partial charge in [-0.25, -0.2) is 0 Å². The van der Waals surface area contributed by atoms with Crippen LogP contribution in [0.1, 0.15) is 30.6 Å². The van der Waals surface area contributed by atoms with Gasteiger partial charge in [0.1, 0.15) is 0 Å². The Kier molecular flexibility index (Phi) is 5.99. The van der Waals surface area contributed by atoms with Crippen molar-refractivity contribution < 1.29 is 4.74 Å². The first kappa shape index (κ1) is 15.9. The summed E-state index contributed by atoms with van der Waals surface area (Å²) >= 11 is 3.72. The zero-order valence-corrected chi connectivity index (χ0v) is 14.4. The molecule has 0 saturated heterocycles. The minimum atomic E-state index is 0.635. The second-order valence-corrected chi connectivity index (χ2v) is 7.63. The number of methoxy groups -OCH3 is 1. The number of nitrogens with zero attached hydrogens (tertiary/aromatic N) is 2. The Hall–Kier alpha value is -0.460. The van der Waals surface area contributed by atoms with Gasteiger partial charge in [-0.3, -0.25) is 0 Å². The summed E-state index contributed by atoms with van der Waals surface area (Å²) in [6, 6.07) is 0.635. The van der Waals surface area contributed by atoms with Crippen molar-refractivity contribution in [3.63, 3.8) is 0 Å². The number of aromatic nitrogens is 1. The van der Waals surface area contributed by atoms with Crippen LogP contribution in [0, 0.1) is 0 Å². The Balaban J connectivity index is 1.92. The van der Waals surface area contributed by atoms with Crippen molar-refractivity contribution in [3.05, 3.63) is 4.88 Å². The molecule has 0 radical (unpaired) electrons. The molecule has 2 unspecified atom stereocenters. The number of rotatable bonds is 6. The lowest BCUT2D eigenvalue weighted by molar-refractivity contribution is 0.369. The van der Waals surface area contributed by atoms with Crippen molar-refractivity contribution in [2.45, 2.75) is 43.5 Å². The first-order valence-corrected chi connectivity index (χ1v) is 9.21. The smallest absolute Gasteiger partial charge is 0.230 e. The van der Waals surface area contributed by atoms with Gasteiger partial charge < -0.3 is 15.0 Å². The van der Waals surface area contributed by atoms with E-state index in [-0.39, 0.29) is 0 Å². The number of thioether (sulfide) groups is 1. The normalized spacial score (nSPS) is 22.8. The van der Waals surface area contributed by atoms with Gasteiger partial charge >= 0.3 is 0 Å². The molecule has 114 valence electrons. The Morgan fingerprint density at radius 2 is 2.25 bits per heavy atom. The van der Waals surface area contributed by atoms with Crippen LogP contribution in [-0.2, 0) is 6.54 Å². The van der Waals surface area contributed by atoms with E-state index < -0.39 is 0 Å². The fourth-order valence-electron chi connectivity index (χ4n) is 2.57. The number of thiazole rings is 1. The van der Waals surface area contributed by atoms with Crippen LogP contribution in [0.25, 0.3) is 0 Å². The predicted octanol–water partition coefficient (Wildman–Crippen LogP) is 2.98. The molecule has 0 amide bonds. The number of anilines is 1. The van der Waals surface area contributed by atoms with Gasteiger partial charge in [0.05, 0.1) is 12.0 Å². The SMILES string of the molecule is COc1nc(N(C)C)sc1CNC1CCCC(SC)C1. The van der Waals surface area contributed by atoms with Gasteiger partial charge in [0.15, 0.2) is 5.13 Å². The van der Waals surface area contributed by atoms with Gasteiger partial charge in [0, 0.05) is 31.9 Å². The Morgan fingerprint density at radius 1 is 1.45 bits per heavy atom. The van der Waals surface area contributed by atoms with E-state index in [0.717, 1.165) is 22.8 Å². The average molecular weight is 316 g/mol. The highest BCUT2D eigenvalue weighted by atomic mass is 32.2. The summed E-state index contributed by atoms with van der Waals surface area (Å²) in [4.78, 5) is 7.73. The van der Waals surface area contributed by atoms with Crippen molar-refractivity contribution in [2.24, 2.45) is 0 Å². The molecule has 1 heterocycles. The van der Waals surface area contributed by atoms with E-state index in [0.29, 0.717) is 6.04 Å². The largest absolute Gasteiger partial charge is 0.480 e. The Bertz CT molecular complexity index is 423. The standard InChI is InChI=1S/C14H25N3OS2/c1-17(2)14-16-13(18-3)12(20-14)9-15-10-6-5-7-11(8-10)19-4/h10-11,15H,5-9H2,1-4H3. The van der Waals surface area contributed by atoms with Crippen molar-refractivity contribution >= 4 is 28.2 Å². The highest BCUT2D eigenvalue weighted by Crippen LogP contribution is 2.31. The fourth-order valence-corrected chi connectivity index (χ4v) is 4.30. The van der Waals surface area contributed by atoms with Gasteiger partial charge in [-0.15, -0.1) is 0 Å². The molecule has 1 fully saturated rings. The lowest BCUT2D eigenvalue weighted by Gasteiger charge is -2.28. The molecule has 1 aliphatic carbocycles. The fraction of sp³-hybridized carbons (Fsp3) is 0.786. The lowest BCUT2D eigenvalue weighted by atomic mass is 9.95. The molecular formula is C14H25N3OS2. The molecule has 20 heavy (non-hydrogen) atoms. The van der Waals surface area contributed by atoms with E-state index in [4.69, 9.17) is 4.74 Å². The zero-order valence-electron chi connectivity index (χ0n) is 12.8. The molecule has 1 aromatic rings. The molecule has 0 bridgehead atoms. The zero-order chi connectivity index (χ0) is 14.5. The quantitative estimate of drug-likeness (QED) is 0.873. The maximum absolute atomic E-state index is 5.39. The van der Waals surface area contributed by atoms with E-state index in [1.165, 1.54) is 30.6 Å². The Morgan fingerprint density at radius 3 is 2.90 bits per heavy atom. The molecule has 2 rings (SSSR count). The second kappa shape index (κ2) is 7.52. The minimum absolute atomic E-state index is 0.635. The molecule has 1 aromatic heterocycles. The molecule has 2 atom stereocenters. The highest BCUT2D eigenvalue weighted by molar-refractivity contribution is 7.99. The molecule has 0 aromatic carbocycles. The van der Waals surface area contributed by atoms with Crippen LogP contribution in [0.15, 0.2) is 0 Å². The Labute approximate surface area is 130 Å². The monoisotopic (exact) mass is 315 g/mol. The van der Waals surface area contributed by atoms with E-state index >= 15 is 0 Å². The molecular weight excluding hydrogens is 290 g/mol. The summed E-state index contributed by atoms with van der Waals surface area (Å²) in [6.45, 7) is 0.862. The molecule has 0 spiro atoms. The van der Waals surface area contributed by atoms with Crippen LogP contribution >= 0.6 is 23.1 Å². The summed E-state index contributed by atoms with van der Waals surface area (Å²) < 4.78 is 5.39. The maximum Gasteiger partial charge on any atom is 0.230 e. The first-order chi connectivity index (χ1) is 9.63. The third kappa shape index (κ3) is 4.02. The summed E-state index contributed by atoms with van der Waals surface area (Å²) in [5.74, 6) is 0.767. The van der Waals surface area contributed by atoms with Crippen molar-refractivity contribution in [1.29, 1.82) is 0 Å². The predicted molar refractivity (Wildman–Crippen MR) is 89.4 cm³/mol. The van der Waals surface area contributed by atoms with E-state index in [1.54, 1.807) is 18.4 Å². The third-order valence-electron chi connectivity index (χ3n) is 3.74. The minimum Gasteiger partial charge on any atom is -0.480 e.